The fourth-order valence-corrected chi connectivity index (χ4v) is 6.04. The van der Waals surface area contributed by atoms with E-state index < -0.39 is 5.66 Å². The molecule has 8 heteroatoms. The van der Waals surface area contributed by atoms with E-state index >= 15 is 0 Å². The average Bonchev–Trinajstić information content (AvgIpc) is 3.60. The number of rotatable bonds is 10. The number of aliphatic imine (C=N–C) groups is 1. The number of ether oxygens (including phenoxy) is 1. The van der Waals surface area contributed by atoms with E-state index in [4.69, 9.17) is 20.6 Å². The number of hydrazone groups is 1. The maximum atomic E-state index is 6.37. The fourth-order valence-electron chi connectivity index (χ4n) is 5.03. The molecule has 36 heavy (non-hydrogen) atoms. The highest BCUT2D eigenvalue weighted by Gasteiger charge is 2.49. The molecule has 0 saturated heterocycles. The summed E-state index contributed by atoms with van der Waals surface area (Å²) in [5, 5.41) is 12.3. The minimum absolute atomic E-state index is 0.0480. The molecule has 188 valence electrons. The number of benzene rings is 2. The molecule has 0 fully saturated rings. The molecular weight excluding hydrogens is 468 g/mol. The largest absolute Gasteiger partial charge is 0.494 e. The summed E-state index contributed by atoms with van der Waals surface area (Å²) in [5.74, 6) is 1.24. The van der Waals surface area contributed by atoms with Crippen LogP contribution < -0.4 is 15.8 Å². The Morgan fingerprint density at radius 3 is 2.64 bits per heavy atom. The molecule has 2 atom stereocenters. The molecular formula is C28H34N6OS. The zero-order valence-electron chi connectivity index (χ0n) is 20.9. The Morgan fingerprint density at radius 2 is 1.89 bits per heavy atom. The SMILES string of the molecule is CCN(CC)CCCOc1ccc(C2(N3N=CCC3c3ccccc3)N=C(N)Nc3ccsc32)cc1. The van der Waals surface area contributed by atoms with Crippen LogP contribution in [0.1, 0.15) is 48.7 Å². The summed E-state index contributed by atoms with van der Waals surface area (Å²) >= 11 is 1.66. The van der Waals surface area contributed by atoms with Crippen molar-refractivity contribution in [3.8, 4) is 5.75 Å². The maximum absolute atomic E-state index is 6.37. The van der Waals surface area contributed by atoms with Crippen molar-refractivity contribution in [1.82, 2.24) is 9.91 Å². The monoisotopic (exact) mass is 502 g/mol. The molecule has 3 N–H and O–H groups in total. The third-order valence-corrected chi connectivity index (χ3v) is 7.92. The molecule has 0 radical (unpaired) electrons. The van der Waals surface area contributed by atoms with Gasteiger partial charge in [0, 0.05) is 24.7 Å². The second kappa shape index (κ2) is 10.7. The van der Waals surface area contributed by atoms with Gasteiger partial charge in [0.1, 0.15) is 5.75 Å². The first kappa shape index (κ1) is 24.3. The number of thiophene rings is 1. The molecule has 2 aliphatic rings. The summed E-state index contributed by atoms with van der Waals surface area (Å²) in [6, 6.07) is 20.9. The number of nitrogens with one attached hydrogen (secondary N) is 1. The normalized spacial score (nSPS) is 20.8. The van der Waals surface area contributed by atoms with Crippen LogP contribution in [0.5, 0.6) is 5.75 Å². The standard InChI is InChI=1S/C28H34N6OS/c1-3-33(4-2)18-8-19-35-23-13-11-22(12-14-23)28(26-24(16-20-36-26)31-27(29)32-28)34-25(15-17-30-34)21-9-6-5-7-10-21/h5-7,9-14,16-17,20,25H,3-4,8,15,18-19H2,1-2H3,(H3,29,31,32). The molecule has 2 aliphatic heterocycles. The first-order valence-electron chi connectivity index (χ1n) is 12.7. The summed E-state index contributed by atoms with van der Waals surface area (Å²) in [4.78, 5) is 8.54. The van der Waals surface area contributed by atoms with E-state index in [0.717, 1.165) is 54.4 Å². The van der Waals surface area contributed by atoms with E-state index in [2.05, 4.69) is 76.9 Å². The highest BCUT2D eigenvalue weighted by atomic mass is 32.1. The third kappa shape index (κ3) is 4.58. The number of nitrogens with zero attached hydrogens (tertiary/aromatic N) is 4. The van der Waals surface area contributed by atoms with E-state index in [1.54, 1.807) is 11.3 Å². The maximum Gasteiger partial charge on any atom is 0.214 e. The zero-order valence-corrected chi connectivity index (χ0v) is 21.7. The van der Waals surface area contributed by atoms with Gasteiger partial charge in [-0.05, 0) is 48.7 Å². The molecule has 7 nitrogen and oxygen atoms in total. The van der Waals surface area contributed by atoms with Crippen molar-refractivity contribution in [2.24, 2.45) is 15.8 Å². The van der Waals surface area contributed by atoms with E-state index in [9.17, 15) is 0 Å². The van der Waals surface area contributed by atoms with Crippen LogP contribution >= 0.6 is 11.3 Å². The number of anilines is 1. The van der Waals surface area contributed by atoms with Gasteiger partial charge in [0.05, 0.1) is 23.2 Å². The predicted molar refractivity (Wildman–Crippen MR) is 149 cm³/mol. The highest BCUT2D eigenvalue weighted by molar-refractivity contribution is 7.10. The average molecular weight is 503 g/mol. The van der Waals surface area contributed by atoms with Gasteiger partial charge in [-0.25, -0.2) is 4.99 Å². The van der Waals surface area contributed by atoms with E-state index in [1.807, 2.05) is 24.4 Å². The Kier molecular flexibility index (Phi) is 7.25. The molecule has 5 rings (SSSR count). The number of hydrogen-bond donors (Lipinski definition) is 2. The van der Waals surface area contributed by atoms with Gasteiger partial charge in [-0.15, -0.1) is 11.3 Å². The van der Waals surface area contributed by atoms with Crippen LogP contribution in [0, 0.1) is 0 Å². The minimum atomic E-state index is -0.867. The third-order valence-electron chi connectivity index (χ3n) is 6.91. The molecule has 0 bridgehead atoms. The van der Waals surface area contributed by atoms with E-state index in [0.29, 0.717) is 12.6 Å². The van der Waals surface area contributed by atoms with Crippen molar-refractivity contribution in [1.29, 1.82) is 0 Å². The van der Waals surface area contributed by atoms with Crippen LogP contribution in [0.3, 0.4) is 0 Å². The predicted octanol–water partition coefficient (Wildman–Crippen LogP) is 5.23. The second-order valence-corrected chi connectivity index (χ2v) is 9.93. The molecule has 1 aromatic heterocycles. The molecule has 3 aromatic rings. The van der Waals surface area contributed by atoms with Crippen LogP contribution in [0.4, 0.5) is 5.69 Å². The molecule has 0 spiro atoms. The fraction of sp³-hybridized carbons (Fsp3) is 0.357. The van der Waals surface area contributed by atoms with Crippen molar-refractivity contribution >= 4 is 29.2 Å². The van der Waals surface area contributed by atoms with E-state index in [1.165, 1.54) is 5.56 Å². The lowest BCUT2D eigenvalue weighted by atomic mass is 9.92. The van der Waals surface area contributed by atoms with Crippen molar-refractivity contribution in [2.75, 3.05) is 31.6 Å². The smallest absolute Gasteiger partial charge is 0.214 e. The highest BCUT2D eigenvalue weighted by Crippen LogP contribution is 2.51. The number of guanidine groups is 1. The Balaban J connectivity index is 1.46. The minimum Gasteiger partial charge on any atom is -0.494 e. The van der Waals surface area contributed by atoms with Gasteiger partial charge in [-0.1, -0.05) is 56.3 Å². The summed E-state index contributed by atoms with van der Waals surface area (Å²) in [5.41, 5.74) is 8.68. The van der Waals surface area contributed by atoms with Gasteiger partial charge in [0.25, 0.3) is 0 Å². The molecule has 0 aliphatic carbocycles. The first-order valence-corrected chi connectivity index (χ1v) is 13.6. The Bertz CT molecular complexity index is 1200. The number of nitrogens with two attached hydrogens (primary N) is 1. The van der Waals surface area contributed by atoms with Crippen LogP contribution in [-0.2, 0) is 5.66 Å². The topological polar surface area (TPSA) is 78.5 Å². The molecule has 0 saturated carbocycles. The lowest BCUT2D eigenvalue weighted by Gasteiger charge is -2.43. The summed E-state index contributed by atoms with van der Waals surface area (Å²) in [6.07, 6.45) is 3.79. The van der Waals surface area contributed by atoms with Crippen molar-refractivity contribution in [2.45, 2.75) is 38.4 Å². The van der Waals surface area contributed by atoms with E-state index in [-0.39, 0.29) is 6.04 Å². The lowest BCUT2D eigenvalue weighted by Crippen LogP contribution is -2.47. The molecule has 3 heterocycles. The summed E-state index contributed by atoms with van der Waals surface area (Å²) < 4.78 is 6.07. The number of hydrogen-bond acceptors (Lipinski definition) is 8. The van der Waals surface area contributed by atoms with Gasteiger partial charge in [-0.2, -0.15) is 5.10 Å². The second-order valence-electron chi connectivity index (χ2n) is 9.02. The van der Waals surface area contributed by atoms with Crippen molar-refractivity contribution in [3.63, 3.8) is 0 Å². The first-order chi connectivity index (χ1) is 17.7. The quantitative estimate of drug-likeness (QED) is 0.371. The Morgan fingerprint density at radius 1 is 1.11 bits per heavy atom. The van der Waals surface area contributed by atoms with Gasteiger partial charge >= 0.3 is 0 Å². The summed E-state index contributed by atoms with van der Waals surface area (Å²) in [6.45, 7) is 8.27. The number of fused-ring (bicyclic) bond motifs is 1. The van der Waals surface area contributed by atoms with Crippen molar-refractivity contribution < 1.29 is 4.74 Å². The lowest BCUT2D eigenvalue weighted by molar-refractivity contribution is 0.0990. The van der Waals surface area contributed by atoms with Gasteiger partial charge in [0.2, 0.25) is 5.66 Å². The van der Waals surface area contributed by atoms with Crippen LogP contribution in [0.25, 0.3) is 0 Å². The molecule has 2 unspecified atom stereocenters. The van der Waals surface area contributed by atoms with Crippen molar-refractivity contribution in [3.05, 3.63) is 82.0 Å². The van der Waals surface area contributed by atoms with Gasteiger partial charge in [-0.3, -0.25) is 5.01 Å². The van der Waals surface area contributed by atoms with Crippen LogP contribution in [-0.4, -0.2) is 48.3 Å². The molecule has 0 amide bonds. The summed E-state index contributed by atoms with van der Waals surface area (Å²) in [7, 11) is 0. The Hall–Kier alpha value is -3.36. The van der Waals surface area contributed by atoms with Gasteiger partial charge < -0.3 is 20.7 Å². The van der Waals surface area contributed by atoms with Gasteiger partial charge in [0.15, 0.2) is 5.96 Å². The molecule has 2 aromatic carbocycles. The van der Waals surface area contributed by atoms with Crippen LogP contribution in [0.15, 0.2) is 76.1 Å². The Labute approximate surface area is 217 Å². The van der Waals surface area contributed by atoms with Crippen LogP contribution in [0.2, 0.25) is 0 Å². The zero-order chi connectivity index (χ0) is 25.0.